The van der Waals surface area contributed by atoms with E-state index in [2.05, 4.69) is 5.32 Å². The molecule has 162 valence electrons. The molecule has 0 aliphatic carbocycles. The summed E-state index contributed by atoms with van der Waals surface area (Å²) in [4.78, 5) is 22.9. The summed E-state index contributed by atoms with van der Waals surface area (Å²) in [7, 11) is 0. The Morgan fingerprint density at radius 1 is 1.15 bits per heavy atom. The number of halogens is 1. The van der Waals surface area contributed by atoms with Gasteiger partial charge >= 0.3 is 0 Å². The number of nitriles is 2. The molecule has 0 heterocycles. The summed E-state index contributed by atoms with van der Waals surface area (Å²) in [6.45, 7) is 1.78. The molecule has 0 aliphatic heterocycles. The van der Waals surface area contributed by atoms with Crippen LogP contribution in [0.5, 0.6) is 11.5 Å². The van der Waals surface area contributed by atoms with Crippen molar-refractivity contribution in [3.8, 4) is 23.6 Å². The Morgan fingerprint density at radius 2 is 1.91 bits per heavy atom. The highest BCUT2D eigenvalue weighted by Crippen LogP contribution is 2.29. The summed E-state index contributed by atoms with van der Waals surface area (Å²) in [5, 5.41) is 32.7. The number of nitrogens with zero attached hydrogens (tertiary/aromatic N) is 3. The maximum atomic E-state index is 12.6. The van der Waals surface area contributed by atoms with E-state index in [1.54, 1.807) is 49.4 Å². The number of amides is 1. The Hall–Kier alpha value is -4.66. The zero-order valence-corrected chi connectivity index (χ0v) is 18.0. The molecule has 0 spiro atoms. The van der Waals surface area contributed by atoms with Crippen LogP contribution in [-0.2, 0) is 4.79 Å². The van der Waals surface area contributed by atoms with E-state index in [9.17, 15) is 25.4 Å². The van der Waals surface area contributed by atoms with Crippen LogP contribution in [0.2, 0.25) is 5.02 Å². The normalized spacial score (nSPS) is 10.6. The van der Waals surface area contributed by atoms with Crippen LogP contribution in [0, 0.1) is 39.7 Å². The van der Waals surface area contributed by atoms with Gasteiger partial charge in [0.05, 0.1) is 15.6 Å². The molecule has 0 saturated heterocycles. The van der Waals surface area contributed by atoms with Gasteiger partial charge in [0.15, 0.2) is 0 Å². The van der Waals surface area contributed by atoms with Crippen LogP contribution in [0.3, 0.4) is 0 Å². The van der Waals surface area contributed by atoms with E-state index in [4.69, 9.17) is 16.3 Å². The summed E-state index contributed by atoms with van der Waals surface area (Å²) in [6, 6.07) is 19.1. The molecule has 0 fully saturated rings. The van der Waals surface area contributed by atoms with E-state index >= 15 is 0 Å². The first-order valence-corrected chi connectivity index (χ1v) is 9.85. The lowest BCUT2D eigenvalue weighted by Gasteiger charge is -2.10. The molecule has 8 nitrogen and oxygen atoms in total. The second-order valence-corrected chi connectivity index (χ2v) is 7.19. The lowest BCUT2D eigenvalue weighted by Crippen LogP contribution is -2.14. The van der Waals surface area contributed by atoms with Crippen molar-refractivity contribution in [2.45, 2.75) is 6.92 Å². The van der Waals surface area contributed by atoms with Gasteiger partial charge in [-0.05, 0) is 48.4 Å². The first-order valence-electron chi connectivity index (χ1n) is 9.47. The lowest BCUT2D eigenvalue weighted by atomic mass is 10.1. The Bertz CT molecular complexity index is 1350. The predicted octanol–water partition coefficient (Wildman–Crippen LogP) is 5.77. The van der Waals surface area contributed by atoms with Gasteiger partial charge in [0.25, 0.3) is 11.6 Å². The molecule has 0 radical (unpaired) electrons. The van der Waals surface area contributed by atoms with Crippen LogP contribution < -0.4 is 10.1 Å². The molecule has 9 heteroatoms. The van der Waals surface area contributed by atoms with Crippen molar-refractivity contribution in [2.24, 2.45) is 0 Å². The van der Waals surface area contributed by atoms with E-state index in [1.165, 1.54) is 18.2 Å². The first-order chi connectivity index (χ1) is 15.8. The molecule has 3 aromatic rings. The maximum Gasteiger partial charge on any atom is 0.271 e. The third kappa shape index (κ3) is 5.53. The Morgan fingerprint density at radius 3 is 2.58 bits per heavy atom. The van der Waals surface area contributed by atoms with Crippen molar-refractivity contribution >= 4 is 35.0 Å². The van der Waals surface area contributed by atoms with E-state index in [0.717, 1.165) is 11.6 Å². The van der Waals surface area contributed by atoms with Crippen molar-refractivity contribution in [1.82, 2.24) is 0 Å². The monoisotopic (exact) mass is 458 g/mol. The topological polar surface area (TPSA) is 129 Å². The quantitative estimate of drug-likeness (QED) is 0.216. The molecule has 1 amide bonds. The van der Waals surface area contributed by atoms with Crippen LogP contribution in [0.4, 0.5) is 11.4 Å². The second-order valence-electron chi connectivity index (χ2n) is 6.78. The van der Waals surface area contributed by atoms with Gasteiger partial charge in [-0.3, -0.25) is 14.9 Å². The van der Waals surface area contributed by atoms with Crippen molar-refractivity contribution in [2.75, 3.05) is 5.32 Å². The van der Waals surface area contributed by atoms with Crippen LogP contribution >= 0.6 is 11.6 Å². The van der Waals surface area contributed by atoms with Gasteiger partial charge in [-0.1, -0.05) is 35.9 Å². The predicted molar refractivity (Wildman–Crippen MR) is 123 cm³/mol. The fourth-order valence-corrected chi connectivity index (χ4v) is 3.16. The number of anilines is 1. The van der Waals surface area contributed by atoms with Gasteiger partial charge in [0, 0.05) is 12.1 Å². The minimum atomic E-state index is -0.623. The molecule has 0 aromatic heterocycles. The van der Waals surface area contributed by atoms with Crippen molar-refractivity contribution < 1.29 is 14.5 Å². The number of ether oxygens (including phenoxy) is 1. The first kappa shape index (κ1) is 23.0. The smallest absolute Gasteiger partial charge is 0.271 e. The van der Waals surface area contributed by atoms with Crippen LogP contribution in [-0.4, -0.2) is 10.8 Å². The summed E-state index contributed by atoms with van der Waals surface area (Å²) in [5.74, 6) is -0.174. The standard InChI is InChI=1S/C24H15ClN4O4/c1-15-4-2-7-21(25)23(15)28-24(30)18(14-27)10-16-5-3-6-20(11-16)33-22-9-8-19(29(31)32)12-17(22)13-26/h2-12H,1H3,(H,28,30)/b18-10+. The molecule has 0 saturated carbocycles. The van der Waals surface area contributed by atoms with Gasteiger partial charge in [-0.2, -0.15) is 10.5 Å². The molecule has 33 heavy (non-hydrogen) atoms. The number of rotatable bonds is 6. The summed E-state index contributed by atoms with van der Waals surface area (Å²) in [5.41, 5.74) is 1.28. The third-order valence-electron chi connectivity index (χ3n) is 4.52. The summed E-state index contributed by atoms with van der Waals surface area (Å²) >= 11 is 6.14. The zero-order chi connectivity index (χ0) is 24.0. The number of aryl methyl sites for hydroxylation is 1. The fourth-order valence-electron chi connectivity index (χ4n) is 2.89. The van der Waals surface area contributed by atoms with Crippen molar-refractivity contribution in [1.29, 1.82) is 10.5 Å². The maximum absolute atomic E-state index is 12.6. The lowest BCUT2D eigenvalue weighted by molar-refractivity contribution is -0.384. The number of hydrogen-bond acceptors (Lipinski definition) is 6. The van der Waals surface area contributed by atoms with Gasteiger partial charge in [-0.25, -0.2) is 0 Å². The minimum absolute atomic E-state index is 0.00246. The minimum Gasteiger partial charge on any atom is -0.456 e. The largest absolute Gasteiger partial charge is 0.456 e. The Balaban J connectivity index is 1.85. The Kier molecular flexibility index (Phi) is 7.04. The Labute approximate surface area is 194 Å². The molecular weight excluding hydrogens is 444 g/mol. The highest BCUT2D eigenvalue weighted by atomic mass is 35.5. The van der Waals surface area contributed by atoms with E-state index in [-0.39, 0.29) is 22.6 Å². The highest BCUT2D eigenvalue weighted by molar-refractivity contribution is 6.34. The van der Waals surface area contributed by atoms with Crippen LogP contribution in [0.25, 0.3) is 6.08 Å². The molecule has 1 N–H and O–H groups in total. The summed E-state index contributed by atoms with van der Waals surface area (Å²) in [6.07, 6.45) is 1.38. The van der Waals surface area contributed by atoms with Crippen molar-refractivity contribution in [3.05, 3.63) is 98.1 Å². The average molecular weight is 459 g/mol. The highest BCUT2D eigenvalue weighted by Gasteiger charge is 2.14. The molecular formula is C24H15ClN4O4. The third-order valence-corrected chi connectivity index (χ3v) is 4.83. The molecule has 0 aliphatic rings. The molecule has 0 bridgehead atoms. The molecule has 0 unspecified atom stereocenters. The summed E-state index contributed by atoms with van der Waals surface area (Å²) < 4.78 is 5.70. The van der Waals surface area contributed by atoms with Gasteiger partial charge in [-0.15, -0.1) is 0 Å². The van der Waals surface area contributed by atoms with E-state index in [0.29, 0.717) is 22.0 Å². The van der Waals surface area contributed by atoms with Gasteiger partial charge < -0.3 is 10.1 Å². The van der Waals surface area contributed by atoms with Crippen molar-refractivity contribution in [3.63, 3.8) is 0 Å². The molecule has 0 atom stereocenters. The number of benzene rings is 3. The second kappa shape index (κ2) is 10.1. The number of hydrogen-bond donors (Lipinski definition) is 1. The number of nitro groups is 1. The number of non-ortho nitro benzene ring substituents is 1. The van der Waals surface area contributed by atoms with E-state index < -0.39 is 10.8 Å². The number of carbonyl (C=O) groups is 1. The number of para-hydroxylation sites is 1. The number of nitro benzene ring substituents is 1. The van der Waals surface area contributed by atoms with Gasteiger partial charge in [0.2, 0.25) is 0 Å². The van der Waals surface area contributed by atoms with E-state index in [1.807, 2.05) is 12.1 Å². The van der Waals surface area contributed by atoms with Crippen LogP contribution in [0.1, 0.15) is 16.7 Å². The number of carbonyl (C=O) groups excluding carboxylic acids is 1. The average Bonchev–Trinajstić information content (AvgIpc) is 2.80. The van der Waals surface area contributed by atoms with Crippen LogP contribution in [0.15, 0.2) is 66.2 Å². The zero-order valence-electron chi connectivity index (χ0n) is 17.2. The van der Waals surface area contributed by atoms with Gasteiger partial charge in [0.1, 0.15) is 34.8 Å². The molecule has 3 aromatic carbocycles. The number of nitrogens with one attached hydrogen (secondary N) is 1. The fraction of sp³-hybridized carbons (Fsp3) is 0.0417. The SMILES string of the molecule is Cc1cccc(Cl)c1NC(=O)/C(C#N)=C/c1cccc(Oc2ccc([N+](=O)[O-])cc2C#N)c1. The molecule has 3 rings (SSSR count).